The fourth-order valence-electron chi connectivity index (χ4n) is 2.60. The molecule has 9 heteroatoms. The van der Waals surface area contributed by atoms with E-state index in [0.717, 1.165) is 42.2 Å². The number of amides is 1. The van der Waals surface area contributed by atoms with Crippen molar-refractivity contribution in [1.29, 1.82) is 0 Å². The summed E-state index contributed by atoms with van der Waals surface area (Å²) in [6.45, 7) is 2.55. The third-order valence-corrected chi connectivity index (χ3v) is 4.91. The number of thiazole rings is 1. The molecule has 0 radical (unpaired) electrons. The number of nitrogens with zero attached hydrogens (tertiary/aromatic N) is 4. The molecule has 3 aromatic rings. The number of fused-ring (bicyclic) bond motifs is 1. The van der Waals surface area contributed by atoms with Gasteiger partial charge in [-0.1, -0.05) is 12.1 Å². The van der Waals surface area contributed by atoms with E-state index >= 15 is 0 Å². The molecule has 2 N–H and O–H groups in total. The van der Waals surface area contributed by atoms with E-state index in [2.05, 4.69) is 26.4 Å². The Bertz CT molecular complexity index is 857. The molecular weight excluding hydrogens is 366 g/mol. The number of aromatic nitrogens is 4. The van der Waals surface area contributed by atoms with Crippen LogP contribution in [0, 0.1) is 0 Å². The van der Waals surface area contributed by atoms with Crippen molar-refractivity contribution in [2.45, 2.75) is 39.2 Å². The van der Waals surface area contributed by atoms with Crippen molar-refractivity contribution in [1.82, 2.24) is 25.1 Å². The van der Waals surface area contributed by atoms with Crippen LogP contribution < -0.4 is 5.32 Å². The van der Waals surface area contributed by atoms with E-state index in [4.69, 9.17) is 9.90 Å². The van der Waals surface area contributed by atoms with Crippen LogP contribution in [0.2, 0.25) is 0 Å². The summed E-state index contributed by atoms with van der Waals surface area (Å²) in [5, 5.41) is 15.1. The highest BCUT2D eigenvalue weighted by Gasteiger charge is 2.12. The second kappa shape index (κ2) is 10.4. The van der Waals surface area contributed by atoms with Gasteiger partial charge in [-0.2, -0.15) is 5.10 Å². The standard InChI is InChI=1S/C17H21N5OS.CH2O2/c1-3-22-15(20-14(21-22)11-16(23)18-2)9-6-10-17-19-12-7-4-5-8-13(12)24-17;2-1-3/h4-5,7-8H,3,6,9-11H2,1-2H3,(H,18,23);1H,(H,2,3). The van der Waals surface area contributed by atoms with Gasteiger partial charge in [0.25, 0.3) is 6.47 Å². The van der Waals surface area contributed by atoms with E-state index in [9.17, 15) is 4.79 Å². The van der Waals surface area contributed by atoms with E-state index in [0.29, 0.717) is 5.82 Å². The van der Waals surface area contributed by atoms with Crippen molar-refractivity contribution in [2.24, 2.45) is 0 Å². The smallest absolute Gasteiger partial charge is 0.290 e. The lowest BCUT2D eigenvalue weighted by atomic mass is 10.2. The van der Waals surface area contributed by atoms with Crippen molar-refractivity contribution in [2.75, 3.05) is 7.05 Å². The maximum absolute atomic E-state index is 11.5. The summed E-state index contributed by atoms with van der Waals surface area (Å²) in [5.41, 5.74) is 1.07. The van der Waals surface area contributed by atoms with Gasteiger partial charge in [0.15, 0.2) is 5.82 Å². The zero-order valence-corrected chi connectivity index (χ0v) is 16.2. The van der Waals surface area contributed by atoms with Gasteiger partial charge in [0.1, 0.15) is 5.82 Å². The predicted octanol–water partition coefficient (Wildman–Crippen LogP) is 2.07. The number of carboxylic acid groups (broad SMARTS) is 1. The number of carbonyl (C=O) groups excluding carboxylic acids is 1. The third-order valence-electron chi connectivity index (χ3n) is 3.82. The van der Waals surface area contributed by atoms with Crippen LogP contribution in [0.4, 0.5) is 0 Å². The average molecular weight is 389 g/mol. The Morgan fingerprint density at radius 1 is 1.30 bits per heavy atom. The van der Waals surface area contributed by atoms with Crippen LogP contribution in [0.25, 0.3) is 10.2 Å². The summed E-state index contributed by atoms with van der Waals surface area (Å²) < 4.78 is 3.12. The molecule has 1 amide bonds. The van der Waals surface area contributed by atoms with E-state index in [1.165, 1.54) is 4.70 Å². The number of para-hydroxylation sites is 1. The summed E-state index contributed by atoms with van der Waals surface area (Å²) in [4.78, 5) is 29.0. The van der Waals surface area contributed by atoms with E-state index in [1.807, 2.05) is 29.8 Å². The van der Waals surface area contributed by atoms with Gasteiger partial charge in [0.05, 0.1) is 21.6 Å². The number of likely N-dealkylation sites (N-methyl/N-ethyl adjacent to an activating group) is 1. The number of rotatable bonds is 7. The Hall–Kier alpha value is -2.81. The minimum Gasteiger partial charge on any atom is -0.483 e. The number of benzene rings is 1. The van der Waals surface area contributed by atoms with E-state index < -0.39 is 0 Å². The Kier molecular flexibility index (Phi) is 7.87. The zero-order valence-electron chi connectivity index (χ0n) is 15.4. The van der Waals surface area contributed by atoms with Gasteiger partial charge in [-0.25, -0.2) is 9.97 Å². The second-order valence-electron chi connectivity index (χ2n) is 5.64. The van der Waals surface area contributed by atoms with Gasteiger partial charge < -0.3 is 10.4 Å². The van der Waals surface area contributed by atoms with Gasteiger partial charge >= 0.3 is 0 Å². The number of aryl methyl sites for hydroxylation is 3. The number of nitrogens with one attached hydrogen (secondary N) is 1. The largest absolute Gasteiger partial charge is 0.483 e. The lowest BCUT2D eigenvalue weighted by molar-refractivity contribution is -0.123. The first kappa shape index (κ1) is 20.5. The molecule has 2 heterocycles. The molecular formula is C18H23N5O3S. The first-order chi connectivity index (χ1) is 13.1. The third kappa shape index (κ3) is 5.85. The summed E-state index contributed by atoms with van der Waals surface area (Å²) >= 11 is 1.75. The van der Waals surface area contributed by atoms with Crippen LogP contribution in [0.1, 0.15) is 30.0 Å². The fraction of sp³-hybridized carbons (Fsp3) is 0.389. The molecule has 8 nitrogen and oxygen atoms in total. The minimum absolute atomic E-state index is 0.0655. The average Bonchev–Trinajstić information content (AvgIpc) is 3.25. The number of hydrogen-bond donors (Lipinski definition) is 2. The molecule has 1 aromatic carbocycles. The first-order valence-corrected chi connectivity index (χ1v) is 9.48. The Balaban J connectivity index is 0.000000817. The predicted molar refractivity (Wildman–Crippen MR) is 104 cm³/mol. The molecule has 144 valence electrons. The quantitative estimate of drug-likeness (QED) is 0.599. The van der Waals surface area contributed by atoms with Gasteiger partial charge in [-0.15, -0.1) is 11.3 Å². The molecule has 0 fully saturated rings. The maximum atomic E-state index is 11.5. The number of carbonyl (C=O) groups is 2. The summed E-state index contributed by atoms with van der Waals surface area (Å²) in [6.07, 6.45) is 2.97. The second-order valence-corrected chi connectivity index (χ2v) is 6.76. The minimum atomic E-state index is -0.250. The van der Waals surface area contributed by atoms with Gasteiger partial charge in [0.2, 0.25) is 5.91 Å². The molecule has 0 aliphatic carbocycles. The molecule has 0 saturated carbocycles. The Morgan fingerprint density at radius 2 is 2.04 bits per heavy atom. The lowest BCUT2D eigenvalue weighted by Gasteiger charge is -2.01. The molecule has 0 aliphatic rings. The van der Waals surface area contributed by atoms with Crippen LogP contribution in [0.3, 0.4) is 0 Å². The molecule has 3 rings (SSSR count). The number of hydrogen-bond acceptors (Lipinski definition) is 6. The van der Waals surface area contributed by atoms with Crippen molar-refractivity contribution in [3.05, 3.63) is 40.9 Å². The highest BCUT2D eigenvalue weighted by atomic mass is 32.1. The molecule has 0 aliphatic heterocycles. The lowest BCUT2D eigenvalue weighted by Crippen LogP contribution is -2.20. The SMILES string of the molecule is CCn1nc(CC(=O)NC)nc1CCCc1nc2ccccc2s1.O=CO. The van der Waals surface area contributed by atoms with E-state index in [-0.39, 0.29) is 18.8 Å². The molecule has 0 atom stereocenters. The van der Waals surface area contributed by atoms with Crippen LogP contribution in [0.5, 0.6) is 0 Å². The van der Waals surface area contributed by atoms with E-state index in [1.54, 1.807) is 18.4 Å². The van der Waals surface area contributed by atoms with Crippen LogP contribution in [0.15, 0.2) is 24.3 Å². The first-order valence-electron chi connectivity index (χ1n) is 8.66. The van der Waals surface area contributed by atoms with Crippen molar-refractivity contribution >= 4 is 33.9 Å². The highest BCUT2D eigenvalue weighted by Crippen LogP contribution is 2.22. The molecule has 27 heavy (non-hydrogen) atoms. The van der Waals surface area contributed by atoms with Gasteiger partial charge in [-0.3, -0.25) is 14.3 Å². The van der Waals surface area contributed by atoms with Crippen LogP contribution in [-0.4, -0.2) is 44.3 Å². The van der Waals surface area contributed by atoms with Crippen molar-refractivity contribution < 1.29 is 14.7 Å². The molecule has 0 unspecified atom stereocenters. The van der Waals surface area contributed by atoms with Crippen LogP contribution in [-0.2, 0) is 35.4 Å². The summed E-state index contributed by atoms with van der Waals surface area (Å²) in [6, 6.07) is 8.22. The Labute approximate surface area is 161 Å². The van der Waals surface area contributed by atoms with Crippen LogP contribution >= 0.6 is 11.3 Å². The van der Waals surface area contributed by atoms with Crippen molar-refractivity contribution in [3.63, 3.8) is 0 Å². The van der Waals surface area contributed by atoms with Gasteiger partial charge in [-0.05, 0) is 31.9 Å². The zero-order chi connectivity index (χ0) is 19.6. The molecule has 0 saturated heterocycles. The van der Waals surface area contributed by atoms with Gasteiger partial charge in [0, 0.05) is 20.0 Å². The maximum Gasteiger partial charge on any atom is 0.290 e. The molecule has 0 spiro atoms. The topological polar surface area (TPSA) is 110 Å². The van der Waals surface area contributed by atoms with Crippen molar-refractivity contribution in [3.8, 4) is 0 Å². The highest BCUT2D eigenvalue weighted by molar-refractivity contribution is 7.18. The molecule has 2 aromatic heterocycles. The summed E-state index contributed by atoms with van der Waals surface area (Å²) in [5.74, 6) is 1.47. The monoisotopic (exact) mass is 389 g/mol. The summed E-state index contributed by atoms with van der Waals surface area (Å²) in [7, 11) is 1.62. The Morgan fingerprint density at radius 3 is 2.70 bits per heavy atom. The fourth-order valence-corrected chi connectivity index (χ4v) is 3.60. The normalized spacial score (nSPS) is 10.3. The molecule has 0 bridgehead atoms.